The first-order valence-electron chi connectivity index (χ1n) is 7.47. The molecule has 24 heavy (non-hydrogen) atoms. The third kappa shape index (κ3) is 4.08. The van der Waals surface area contributed by atoms with E-state index < -0.39 is 11.8 Å². The summed E-state index contributed by atoms with van der Waals surface area (Å²) in [5, 5.41) is 5.67. The van der Waals surface area contributed by atoms with E-state index in [0.717, 1.165) is 11.1 Å². The van der Waals surface area contributed by atoms with Gasteiger partial charge in [-0.3, -0.25) is 9.59 Å². The van der Waals surface area contributed by atoms with Crippen molar-refractivity contribution in [1.29, 1.82) is 0 Å². The molecule has 0 unspecified atom stereocenters. The van der Waals surface area contributed by atoms with E-state index in [2.05, 4.69) is 10.6 Å². The molecule has 0 bridgehead atoms. The molecule has 0 saturated carbocycles. The third-order valence-corrected chi connectivity index (χ3v) is 4.20. The van der Waals surface area contributed by atoms with E-state index >= 15 is 0 Å². The topological polar surface area (TPSA) is 58.2 Å². The Morgan fingerprint density at radius 1 is 0.875 bits per heavy atom. The predicted molar refractivity (Wildman–Crippen MR) is 99.0 cm³/mol. The fourth-order valence-electron chi connectivity index (χ4n) is 2.30. The summed E-state index contributed by atoms with van der Waals surface area (Å²) in [6.07, 6.45) is 0. The van der Waals surface area contributed by atoms with Crippen LogP contribution in [0.1, 0.15) is 30.9 Å². The number of aryl methyl sites for hydroxylation is 1. The molecule has 0 heterocycles. The van der Waals surface area contributed by atoms with Crippen LogP contribution in [0.5, 0.6) is 0 Å². The second kappa shape index (κ2) is 7.69. The molecule has 4 nitrogen and oxygen atoms in total. The number of nitrogens with one attached hydrogen (secondary N) is 2. The van der Waals surface area contributed by atoms with Gasteiger partial charge in [-0.05, 0) is 36.1 Å². The lowest BCUT2D eigenvalue weighted by Crippen LogP contribution is -2.30. The number of hydrogen-bond acceptors (Lipinski definition) is 2. The molecule has 2 N–H and O–H groups in total. The van der Waals surface area contributed by atoms with Gasteiger partial charge in [-0.2, -0.15) is 0 Å². The van der Waals surface area contributed by atoms with Gasteiger partial charge < -0.3 is 10.6 Å². The van der Waals surface area contributed by atoms with Crippen LogP contribution in [0, 0.1) is 6.92 Å². The number of carbonyl (C=O) groups excluding carboxylic acids is 2. The van der Waals surface area contributed by atoms with Crippen LogP contribution >= 0.6 is 23.2 Å². The van der Waals surface area contributed by atoms with Gasteiger partial charge in [-0.15, -0.1) is 0 Å². The summed E-state index contributed by atoms with van der Waals surface area (Å²) in [5.74, 6) is -1.40. The fraction of sp³-hybridized carbons (Fsp3) is 0.222. The number of amides is 2. The highest BCUT2D eigenvalue weighted by Crippen LogP contribution is 2.30. The van der Waals surface area contributed by atoms with E-state index in [4.69, 9.17) is 23.2 Å². The molecule has 2 rings (SSSR count). The molecule has 2 aromatic rings. The van der Waals surface area contributed by atoms with Crippen molar-refractivity contribution in [3.63, 3.8) is 0 Å². The summed E-state index contributed by atoms with van der Waals surface area (Å²) in [7, 11) is 0. The van der Waals surface area contributed by atoms with Crippen LogP contribution in [0.25, 0.3) is 0 Å². The Morgan fingerprint density at radius 3 is 1.92 bits per heavy atom. The van der Waals surface area contributed by atoms with E-state index in [1.807, 2.05) is 39.0 Å². The zero-order valence-corrected chi connectivity index (χ0v) is 15.1. The van der Waals surface area contributed by atoms with E-state index in [-0.39, 0.29) is 21.7 Å². The van der Waals surface area contributed by atoms with Gasteiger partial charge in [0.25, 0.3) is 0 Å². The molecule has 0 saturated heterocycles. The number of hydrogen-bond donors (Lipinski definition) is 2. The van der Waals surface area contributed by atoms with Crippen LogP contribution < -0.4 is 10.6 Å². The third-order valence-electron chi connectivity index (χ3n) is 3.57. The number of halogens is 2. The lowest BCUT2D eigenvalue weighted by atomic mass is 9.98. The van der Waals surface area contributed by atoms with E-state index in [1.54, 1.807) is 18.2 Å². The van der Waals surface area contributed by atoms with Gasteiger partial charge in [0.05, 0.1) is 15.7 Å². The maximum absolute atomic E-state index is 12.3. The molecular weight excluding hydrogens is 347 g/mol. The van der Waals surface area contributed by atoms with Crippen molar-refractivity contribution < 1.29 is 9.59 Å². The zero-order chi connectivity index (χ0) is 17.9. The van der Waals surface area contributed by atoms with Crippen LogP contribution in [0.3, 0.4) is 0 Å². The molecule has 2 aromatic carbocycles. The zero-order valence-electron chi connectivity index (χ0n) is 13.6. The van der Waals surface area contributed by atoms with Crippen molar-refractivity contribution in [2.45, 2.75) is 26.7 Å². The Balaban J connectivity index is 2.20. The smallest absolute Gasteiger partial charge is 0.314 e. The van der Waals surface area contributed by atoms with Crippen molar-refractivity contribution in [2.24, 2.45) is 0 Å². The van der Waals surface area contributed by atoms with E-state index in [1.165, 1.54) is 0 Å². The first-order valence-corrected chi connectivity index (χ1v) is 8.22. The Hall–Kier alpha value is -2.04. The first-order chi connectivity index (χ1) is 11.3. The quantitative estimate of drug-likeness (QED) is 0.752. The minimum atomic E-state index is -0.831. The van der Waals surface area contributed by atoms with Crippen LogP contribution in [0.4, 0.5) is 11.4 Å². The summed E-state index contributed by atoms with van der Waals surface area (Å²) in [6.45, 7) is 5.92. The monoisotopic (exact) mass is 364 g/mol. The summed E-state index contributed by atoms with van der Waals surface area (Å²) in [5.41, 5.74) is 2.72. The van der Waals surface area contributed by atoms with E-state index in [0.29, 0.717) is 5.69 Å². The first kappa shape index (κ1) is 18.3. The molecule has 6 heteroatoms. The second-order valence-corrected chi connectivity index (χ2v) is 6.51. The van der Waals surface area contributed by atoms with Gasteiger partial charge in [-0.1, -0.05) is 61.3 Å². The van der Waals surface area contributed by atoms with Crippen molar-refractivity contribution in [2.75, 3.05) is 10.6 Å². The van der Waals surface area contributed by atoms with Crippen molar-refractivity contribution >= 4 is 46.4 Å². The van der Waals surface area contributed by atoms with Crippen LogP contribution in [-0.4, -0.2) is 11.8 Å². The summed E-state index contributed by atoms with van der Waals surface area (Å²) in [6, 6.07) is 10.5. The Kier molecular flexibility index (Phi) is 5.86. The van der Waals surface area contributed by atoms with Gasteiger partial charge in [0.1, 0.15) is 0 Å². The number of benzene rings is 2. The van der Waals surface area contributed by atoms with Crippen LogP contribution in [0.15, 0.2) is 36.4 Å². The summed E-state index contributed by atoms with van der Waals surface area (Å²) >= 11 is 12.0. The lowest BCUT2D eigenvalue weighted by molar-refractivity contribution is -0.133. The highest BCUT2D eigenvalue weighted by atomic mass is 35.5. The maximum Gasteiger partial charge on any atom is 0.314 e. The SMILES string of the molecule is Cc1cccc(C(C)C)c1NC(=O)C(=O)Nc1c(Cl)cccc1Cl. The van der Waals surface area contributed by atoms with Crippen LogP contribution in [-0.2, 0) is 9.59 Å². The highest BCUT2D eigenvalue weighted by molar-refractivity contribution is 6.46. The van der Waals surface area contributed by atoms with Gasteiger partial charge in [0.15, 0.2) is 0 Å². The molecule has 0 radical (unpaired) electrons. The molecule has 126 valence electrons. The van der Waals surface area contributed by atoms with Crippen molar-refractivity contribution in [3.05, 3.63) is 57.6 Å². The molecule has 0 aromatic heterocycles. The van der Waals surface area contributed by atoms with Crippen LogP contribution in [0.2, 0.25) is 10.0 Å². The minimum absolute atomic E-state index is 0.210. The van der Waals surface area contributed by atoms with Gasteiger partial charge in [0.2, 0.25) is 0 Å². The maximum atomic E-state index is 12.3. The van der Waals surface area contributed by atoms with Gasteiger partial charge in [0, 0.05) is 5.69 Å². The molecular formula is C18H18Cl2N2O2. The van der Waals surface area contributed by atoms with Crippen molar-refractivity contribution in [3.8, 4) is 0 Å². The largest absolute Gasteiger partial charge is 0.317 e. The number of anilines is 2. The highest BCUT2D eigenvalue weighted by Gasteiger charge is 2.19. The molecule has 0 aliphatic carbocycles. The van der Waals surface area contributed by atoms with E-state index in [9.17, 15) is 9.59 Å². The lowest BCUT2D eigenvalue weighted by Gasteiger charge is -2.16. The summed E-state index contributed by atoms with van der Waals surface area (Å²) < 4.78 is 0. The second-order valence-electron chi connectivity index (χ2n) is 5.70. The Bertz CT molecular complexity index is 768. The number of rotatable bonds is 3. The minimum Gasteiger partial charge on any atom is -0.317 e. The Morgan fingerprint density at radius 2 is 1.38 bits per heavy atom. The predicted octanol–water partition coefficient (Wildman–Crippen LogP) is 5.00. The molecule has 0 spiro atoms. The molecule has 0 aliphatic heterocycles. The number of para-hydroxylation sites is 2. The van der Waals surface area contributed by atoms with Crippen molar-refractivity contribution in [1.82, 2.24) is 0 Å². The molecule has 0 aliphatic rings. The molecule has 2 amide bonds. The van der Waals surface area contributed by atoms with Gasteiger partial charge >= 0.3 is 11.8 Å². The summed E-state index contributed by atoms with van der Waals surface area (Å²) in [4.78, 5) is 24.4. The fourth-order valence-corrected chi connectivity index (χ4v) is 2.79. The number of carbonyl (C=O) groups is 2. The molecule has 0 fully saturated rings. The normalized spacial score (nSPS) is 10.6. The average molecular weight is 365 g/mol. The van der Waals surface area contributed by atoms with Gasteiger partial charge in [-0.25, -0.2) is 0 Å². The average Bonchev–Trinajstić information content (AvgIpc) is 2.52. The Labute approximate surface area is 151 Å². The standard InChI is InChI=1S/C18H18Cl2N2O2/c1-10(2)12-7-4-6-11(3)15(12)21-17(23)18(24)22-16-13(19)8-5-9-14(16)20/h4-10H,1-3H3,(H,21,23)(H,22,24). The molecule has 0 atom stereocenters.